The minimum atomic E-state index is -4.51. The molecule has 4 nitrogen and oxygen atoms in total. The summed E-state index contributed by atoms with van der Waals surface area (Å²) >= 11 is 0. The molecule has 2 aromatic carbocycles. The van der Waals surface area contributed by atoms with Crippen LogP contribution < -0.4 is 4.74 Å². The van der Waals surface area contributed by atoms with Crippen LogP contribution in [0, 0.1) is 0 Å². The Morgan fingerprint density at radius 3 is 2.29 bits per heavy atom. The Morgan fingerprint density at radius 1 is 0.903 bits per heavy atom. The predicted octanol–water partition coefficient (Wildman–Crippen LogP) is 5.81. The first-order valence-electron chi connectivity index (χ1n) is 10.7. The van der Waals surface area contributed by atoms with Crippen LogP contribution in [0.2, 0.25) is 0 Å². The number of aromatic nitrogens is 2. The SMILES string of the molecule is FC(F)(F)c1cc(-c2ccccc2)n(-c2ccc(OCCCN3CCCCC3)cc2)n1. The summed E-state index contributed by atoms with van der Waals surface area (Å²) in [6, 6.07) is 17.1. The van der Waals surface area contributed by atoms with E-state index in [4.69, 9.17) is 4.74 Å². The Bertz CT molecular complexity index is 962. The number of piperidine rings is 1. The first-order chi connectivity index (χ1) is 15.0. The molecule has 1 aliphatic heterocycles. The molecule has 2 heterocycles. The summed E-state index contributed by atoms with van der Waals surface area (Å²) in [6.45, 7) is 3.99. The molecule has 0 aliphatic carbocycles. The minimum absolute atomic E-state index is 0.392. The lowest BCUT2D eigenvalue weighted by molar-refractivity contribution is -0.141. The van der Waals surface area contributed by atoms with Crippen molar-refractivity contribution in [1.29, 1.82) is 0 Å². The highest BCUT2D eigenvalue weighted by molar-refractivity contribution is 5.63. The molecule has 1 aliphatic rings. The second kappa shape index (κ2) is 9.56. The normalized spacial score (nSPS) is 15.2. The third kappa shape index (κ3) is 5.47. The molecule has 0 bridgehead atoms. The van der Waals surface area contributed by atoms with Gasteiger partial charge in [0.15, 0.2) is 5.69 Å². The average Bonchev–Trinajstić information content (AvgIpc) is 3.25. The van der Waals surface area contributed by atoms with Crippen molar-refractivity contribution in [3.8, 4) is 22.7 Å². The summed E-state index contributed by atoms with van der Waals surface area (Å²) in [4.78, 5) is 2.47. The van der Waals surface area contributed by atoms with Crippen LogP contribution in [-0.2, 0) is 6.18 Å². The van der Waals surface area contributed by atoms with Crippen molar-refractivity contribution >= 4 is 0 Å². The molecule has 1 fully saturated rings. The fourth-order valence-electron chi connectivity index (χ4n) is 3.88. The number of rotatable bonds is 7. The van der Waals surface area contributed by atoms with Crippen LogP contribution in [-0.4, -0.2) is 40.9 Å². The molecule has 0 atom stereocenters. The van der Waals surface area contributed by atoms with E-state index in [0.717, 1.165) is 19.0 Å². The molecule has 0 N–H and O–H groups in total. The zero-order chi connectivity index (χ0) is 21.7. The molecule has 164 valence electrons. The Balaban J connectivity index is 1.45. The van der Waals surface area contributed by atoms with Crippen molar-refractivity contribution in [3.05, 3.63) is 66.4 Å². The van der Waals surface area contributed by atoms with E-state index in [1.165, 1.54) is 37.0 Å². The van der Waals surface area contributed by atoms with Crippen LogP contribution in [0.4, 0.5) is 13.2 Å². The van der Waals surface area contributed by atoms with Crippen LogP contribution in [0.3, 0.4) is 0 Å². The van der Waals surface area contributed by atoms with Gasteiger partial charge in [0.25, 0.3) is 0 Å². The van der Waals surface area contributed by atoms with E-state index in [1.54, 1.807) is 48.5 Å². The van der Waals surface area contributed by atoms with Crippen LogP contribution >= 0.6 is 0 Å². The van der Waals surface area contributed by atoms with E-state index in [0.29, 0.717) is 29.3 Å². The lowest BCUT2D eigenvalue weighted by atomic mass is 10.1. The standard InChI is InChI=1S/C24H26F3N3O/c25-24(26,27)23-18-22(19-8-3-1-4-9-19)30(28-23)20-10-12-21(13-11-20)31-17-7-16-29-14-5-2-6-15-29/h1,3-4,8-13,18H,2,5-7,14-17H2. The molecular weight excluding hydrogens is 403 g/mol. The molecular formula is C24H26F3N3O. The molecule has 0 amide bonds. The summed E-state index contributed by atoms with van der Waals surface area (Å²) < 4.78 is 47.0. The van der Waals surface area contributed by atoms with Gasteiger partial charge in [-0.3, -0.25) is 0 Å². The monoisotopic (exact) mass is 429 g/mol. The van der Waals surface area contributed by atoms with Crippen molar-refractivity contribution in [2.24, 2.45) is 0 Å². The number of likely N-dealkylation sites (tertiary alicyclic amines) is 1. The number of hydrogen-bond donors (Lipinski definition) is 0. The fourth-order valence-corrected chi connectivity index (χ4v) is 3.88. The maximum absolute atomic E-state index is 13.3. The topological polar surface area (TPSA) is 30.3 Å². The summed E-state index contributed by atoms with van der Waals surface area (Å²) in [6.07, 6.45) is 0.319. The Labute approximate surface area is 180 Å². The van der Waals surface area contributed by atoms with E-state index < -0.39 is 11.9 Å². The van der Waals surface area contributed by atoms with Crippen LogP contribution in [0.1, 0.15) is 31.4 Å². The van der Waals surface area contributed by atoms with Gasteiger partial charge in [-0.05, 0) is 62.7 Å². The van der Waals surface area contributed by atoms with Crippen LogP contribution in [0.5, 0.6) is 5.75 Å². The highest BCUT2D eigenvalue weighted by atomic mass is 19.4. The maximum atomic E-state index is 13.3. The number of benzene rings is 2. The van der Waals surface area contributed by atoms with Gasteiger partial charge >= 0.3 is 6.18 Å². The first kappa shape index (κ1) is 21.4. The minimum Gasteiger partial charge on any atom is -0.494 e. The zero-order valence-corrected chi connectivity index (χ0v) is 17.3. The second-order valence-electron chi connectivity index (χ2n) is 7.79. The molecule has 0 unspecified atom stereocenters. The van der Waals surface area contributed by atoms with E-state index in [-0.39, 0.29) is 0 Å². The van der Waals surface area contributed by atoms with Gasteiger partial charge in [0, 0.05) is 12.1 Å². The molecule has 3 aromatic rings. The second-order valence-corrected chi connectivity index (χ2v) is 7.79. The first-order valence-corrected chi connectivity index (χ1v) is 10.7. The van der Waals surface area contributed by atoms with Gasteiger partial charge in [-0.1, -0.05) is 36.8 Å². The van der Waals surface area contributed by atoms with Gasteiger partial charge in [0.1, 0.15) is 5.75 Å². The van der Waals surface area contributed by atoms with Gasteiger partial charge in [0.2, 0.25) is 0 Å². The Kier molecular flexibility index (Phi) is 6.61. The van der Waals surface area contributed by atoms with Crippen molar-refractivity contribution in [2.45, 2.75) is 31.9 Å². The third-order valence-electron chi connectivity index (χ3n) is 5.49. The average molecular weight is 429 g/mol. The van der Waals surface area contributed by atoms with Gasteiger partial charge < -0.3 is 9.64 Å². The van der Waals surface area contributed by atoms with Gasteiger partial charge in [-0.15, -0.1) is 0 Å². The smallest absolute Gasteiger partial charge is 0.435 e. The summed E-state index contributed by atoms with van der Waals surface area (Å²) in [7, 11) is 0. The quantitative estimate of drug-likeness (QED) is 0.444. The summed E-state index contributed by atoms with van der Waals surface area (Å²) in [5.41, 5.74) is 0.700. The van der Waals surface area contributed by atoms with Gasteiger partial charge in [0.05, 0.1) is 18.0 Å². The Morgan fingerprint density at radius 2 is 1.61 bits per heavy atom. The van der Waals surface area contributed by atoms with Gasteiger partial charge in [-0.25, -0.2) is 4.68 Å². The molecule has 4 rings (SSSR count). The molecule has 7 heteroatoms. The van der Waals surface area contributed by atoms with Gasteiger partial charge in [-0.2, -0.15) is 18.3 Å². The van der Waals surface area contributed by atoms with Crippen molar-refractivity contribution in [1.82, 2.24) is 14.7 Å². The fraction of sp³-hybridized carbons (Fsp3) is 0.375. The van der Waals surface area contributed by atoms with Crippen molar-refractivity contribution in [2.75, 3.05) is 26.2 Å². The number of ether oxygens (including phenoxy) is 1. The molecule has 1 saturated heterocycles. The maximum Gasteiger partial charge on any atom is 0.435 e. The number of alkyl halides is 3. The summed E-state index contributed by atoms with van der Waals surface area (Å²) in [5, 5.41) is 3.83. The Hall–Kier alpha value is -2.80. The number of hydrogen-bond acceptors (Lipinski definition) is 3. The largest absolute Gasteiger partial charge is 0.494 e. The molecule has 0 spiro atoms. The lowest BCUT2D eigenvalue weighted by Crippen LogP contribution is -2.31. The lowest BCUT2D eigenvalue weighted by Gasteiger charge is -2.26. The molecule has 1 aromatic heterocycles. The van der Waals surface area contributed by atoms with E-state index in [1.807, 2.05) is 6.07 Å². The predicted molar refractivity (Wildman–Crippen MR) is 114 cm³/mol. The number of halogens is 3. The third-order valence-corrected chi connectivity index (χ3v) is 5.49. The highest BCUT2D eigenvalue weighted by Gasteiger charge is 2.35. The molecule has 0 saturated carbocycles. The zero-order valence-electron chi connectivity index (χ0n) is 17.3. The van der Waals surface area contributed by atoms with E-state index in [2.05, 4.69) is 10.00 Å². The molecule has 0 radical (unpaired) electrons. The van der Waals surface area contributed by atoms with E-state index in [9.17, 15) is 13.2 Å². The van der Waals surface area contributed by atoms with Crippen molar-refractivity contribution < 1.29 is 17.9 Å². The van der Waals surface area contributed by atoms with E-state index >= 15 is 0 Å². The van der Waals surface area contributed by atoms with Crippen molar-refractivity contribution in [3.63, 3.8) is 0 Å². The van der Waals surface area contributed by atoms with Crippen LogP contribution in [0.25, 0.3) is 16.9 Å². The highest BCUT2D eigenvalue weighted by Crippen LogP contribution is 2.33. The number of nitrogens with zero attached hydrogens (tertiary/aromatic N) is 3. The van der Waals surface area contributed by atoms with Crippen LogP contribution in [0.15, 0.2) is 60.7 Å². The summed E-state index contributed by atoms with van der Waals surface area (Å²) in [5.74, 6) is 0.701. The molecule has 31 heavy (non-hydrogen) atoms.